The summed E-state index contributed by atoms with van der Waals surface area (Å²) in [7, 11) is 1.92. The minimum absolute atomic E-state index is 0.0572. The lowest BCUT2D eigenvalue weighted by atomic mass is 10.0. The van der Waals surface area contributed by atoms with Gasteiger partial charge in [0.05, 0.1) is 15.5 Å². The smallest absolute Gasteiger partial charge is 0.262 e. The van der Waals surface area contributed by atoms with Crippen molar-refractivity contribution < 1.29 is 9.53 Å². The Morgan fingerprint density at radius 1 is 1.38 bits per heavy atom. The van der Waals surface area contributed by atoms with Gasteiger partial charge in [0, 0.05) is 9.35 Å². The first kappa shape index (κ1) is 15.0. The van der Waals surface area contributed by atoms with Gasteiger partial charge in [0.15, 0.2) is 6.61 Å². The molecule has 1 aromatic carbocycles. The van der Waals surface area contributed by atoms with Crippen LogP contribution in [-0.2, 0) is 4.79 Å². The van der Waals surface area contributed by atoms with E-state index >= 15 is 0 Å². The lowest BCUT2D eigenvalue weighted by molar-refractivity contribution is -0.118. The molecule has 0 fully saturated rings. The highest BCUT2D eigenvalue weighted by atomic mass is 79.9. The van der Waals surface area contributed by atoms with Gasteiger partial charge in [0.1, 0.15) is 5.75 Å². The fourth-order valence-electron chi connectivity index (χ4n) is 2.26. The topological polar surface area (TPSA) is 50.4 Å². The van der Waals surface area contributed by atoms with Gasteiger partial charge in [-0.3, -0.25) is 4.79 Å². The summed E-state index contributed by atoms with van der Waals surface area (Å²) in [6.45, 7) is 0.0760. The van der Waals surface area contributed by atoms with Crippen molar-refractivity contribution in [2.45, 2.75) is 6.04 Å². The van der Waals surface area contributed by atoms with Crippen LogP contribution in [-0.4, -0.2) is 19.6 Å². The Balaban J connectivity index is 1.97. The standard InChI is InChI=1S/C14H12Br2N2O2S/c1-17-13(11-5-8(15)14(16)21-11)7-2-3-10-9(4-7)18-12(19)6-20-10/h2-5,13,17H,6H2,1H3,(H,18,19). The summed E-state index contributed by atoms with van der Waals surface area (Å²) in [5.41, 5.74) is 1.79. The SMILES string of the molecule is CNC(c1ccc2c(c1)NC(=O)CO2)c1cc(Br)c(Br)s1. The molecule has 0 saturated carbocycles. The van der Waals surface area contributed by atoms with Crippen molar-refractivity contribution in [1.29, 1.82) is 0 Å². The molecule has 0 bridgehead atoms. The van der Waals surface area contributed by atoms with Gasteiger partial charge in [-0.25, -0.2) is 0 Å². The fourth-order valence-corrected chi connectivity index (χ4v) is 4.49. The molecule has 0 spiro atoms. The number of carbonyl (C=O) groups is 1. The zero-order valence-electron chi connectivity index (χ0n) is 11.1. The Bertz CT molecular complexity index is 683. The maximum Gasteiger partial charge on any atom is 0.262 e. The number of thiophene rings is 1. The summed E-state index contributed by atoms with van der Waals surface area (Å²) >= 11 is 8.70. The second-order valence-corrected chi connectivity index (χ2v) is 7.84. The quantitative estimate of drug-likeness (QED) is 0.774. The third kappa shape index (κ3) is 3.01. The van der Waals surface area contributed by atoms with Crippen molar-refractivity contribution in [3.05, 3.63) is 43.0 Å². The summed E-state index contributed by atoms with van der Waals surface area (Å²) in [6, 6.07) is 8.01. The number of halogens is 2. The molecular weight excluding hydrogens is 420 g/mol. The average Bonchev–Trinajstić information content (AvgIpc) is 2.78. The van der Waals surface area contributed by atoms with Gasteiger partial charge in [-0.15, -0.1) is 11.3 Å². The molecule has 2 aromatic rings. The second-order valence-electron chi connectivity index (χ2n) is 4.58. The number of hydrogen-bond donors (Lipinski definition) is 2. The Morgan fingerprint density at radius 3 is 2.86 bits per heavy atom. The number of amides is 1. The van der Waals surface area contributed by atoms with Crippen LogP contribution in [0.25, 0.3) is 0 Å². The zero-order chi connectivity index (χ0) is 15.0. The van der Waals surface area contributed by atoms with Crippen LogP contribution in [0.5, 0.6) is 5.75 Å². The fraction of sp³-hybridized carbons (Fsp3) is 0.214. The van der Waals surface area contributed by atoms with E-state index in [1.165, 1.54) is 4.88 Å². The van der Waals surface area contributed by atoms with E-state index in [0.29, 0.717) is 5.75 Å². The highest BCUT2D eigenvalue weighted by Crippen LogP contribution is 2.39. The van der Waals surface area contributed by atoms with Gasteiger partial charge >= 0.3 is 0 Å². The molecule has 21 heavy (non-hydrogen) atoms. The maximum absolute atomic E-state index is 11.4. The minimum Gasteiger partial charge on any atom is -0.482 e. The molecule has 2 heterocycles. The summed E-state index contributed by atoms with van der Waals surface area (Å²) in [5.74, 6) is 0.587. The number of ether oxygens (including phenoxy) is 1. The third-order valence-corrected chi connectivity index (χ3v) is 6.53. The van der Waals surface area contributed by atoms with Gasteiger partial charge in [-0.05, 0) is 62.7 Å². The van der Waals surface area contributed by atoms with Crippen molar-refractivity contribution in [2.75, 3.05) is 19.0 Å². The van der Waals surface area contributed by atoms with E-state index < -0.39 is 0 Å². The first-order valence-corrected chi connectivity index (χ1v) is 8.67. The molecule has 4 nitrogen and oxygen atoms in total. The van der Waals surface area contributed by atoms with Crippen molar-refractivity contribution in [3.8, 4) is 5.75 Å². The summed E-state index contributed by atoms with van der Waals surface area (Å²) in [5, 5.41) is 6.15. The summed E-state index contributed by atoms with van der Waals surface area (Å²) in [6.07, 6.45) is 0. The van der Waals surface area contributed by atoms with E-state index in [-0.39, 0.29) is 18.6 Å². The van der Waals surface area contributed by atoms with E-state index in [2.05, 4.69) is 48.6 Å². The predicted molar refractivity (Wildman–Crippen MR) is 91.2 cm³/mol. The molecule has 1 aliphatic rings. The monoisotopic (exact) mass is 430 g/mol. The van der Waals surface area contributed by atoms with Crippen LogP contribution in [0, 0.1) is 0 Å². The first-order valence-electron chi connectivity index (χ1n) is 6.27. The predicted octanol–water partition coefficient (Wildman–Crippen LogP) is 3.91. The van der Waals surface area contributed by atoms with Gasteiger partial charge < -0.3 is 15.4 Å². The Hall–Kier alpha value is -0.890. The number of benzene rings is 1. The van der Waals surface area contributed by atoms with E-state index in [4.69, 9.17) is 4.74 Å². The van der Waals surface area contributed by atoms with Gasteiger partial charge in [-0.2, -0.15) is 0 Å². The van der Waals surface area contributed by atoms with Gasteiger partial charge in [0.2, 0.25) is 0 Å². The molecule has 1 aliphatic heterocycles. The molecular formula is C14H12Br2N2O2S. The molecule has 7 heteroatoms. The number of nitrogens with one attached hydrogen (secondary N) is 2. The van der Waals surface area contributed by atoms with E-state index in [1.807, 2.05) is 25.2 Å². The van der Waals surface area contributed by atoms with Gasteiger partial charge in [-0.1, -0.05) is 6.07 Å². The van der Waals surface area contributed by atoms with Crippen LogP contribution < -0.4 is 15.4 Å². The lowest BCUT2D eigenvalue weighted by Crippen LogP contribution is -2.26. The van der Waals surface area contributed by atoms with Crippen LogP contribution in [0.15, 0.2) is 32.5 Å². The highest BCUT2D eigenvalue weighted by Gasteiger charge is 2.21. The second kappa shape index (κ2) is 6.08. The maximum atomic E-state index is 11.4. The molecule has 0 saturated heterocycles. The van der Waals surface area contributed by atoms with Crippen molar-refractivity contribution in [3.63, 3.8) is 0 Å². The first-order chi connectivity index (χ1) is 10.1. The Labute approximate surface area is 143 Å². The molecule has 1 atom stereocenters. The average molecular weight is 432 g/mol. The lowest BCUT2D eigenvalue weighted by Gasteiger charge is -2.21. The van der Waals surface area contributed by atoms with E-state index in [9.17, 15) is 4.79 Å². The molecule has 110 valence electrons. The van der Waals surface area contributed by atoms with Gasteiger partial charge in [0.25, 0.3) is 5.91 Å². The van der Waals surface area contributed by atoms with E-state index in [1.54, 1.807) is 11.3 Å². The number of rotatable bonds is 3. The normalized spacial score (nSPS) is 15.1. The molecule has 0 radical (unpaired) electrons. The highest BCUT2D eigenvalue weighted by molar-refractivity contribution is 9.13. The molecule has 2 N–H and O–H groups in total. The summed E-state index contributed by atoms with van der Waals surface area (Å²) in [4.78, 5) is 12.6. The van der Waals surface area contributed by atoms with Crippen molar-refractivity contribution in [1.82, 2.24) is 5.32 Å². The number of carbonyl (C=O) groups excluding carboxylic acids is 1. The van der Waals surface area contributed by atoms with Crippen LogP contribution in [0.1, 0.15) is 16.5 Å². The van der Waals surface area contributed by atoms with E-state index in [0.717, 1.165) is 19.5 Å². The number of hydrogen-bond acceptors (Lipinski definition) is 4. The zero-order valence-corrected chi connectivity index (χ0v) is 15.1. The largest absolute Gasteiger partial charge is 0.482 e. The number of anilines is 1. The van der Waals surface area contributed by atoms with Crippen molar-refractivity contribution >= 4 is 54.8 Å². The van der Waals surface area contributed by atoms with Crippen LogP contribution in [0.4, 0.5) is 5.69 Å². The molecule has 3 rings (SSSR count). The van der Waals surface area contributed by atoms with Crippen molar-refractivity contribution in [2.24, 2.45) is 0 Å². The molecule has 0 aliphatic carbocycles. The van der Waals surface area contributed by atoms with Crippen LogP contribution in [0.3, 0.4) is 0 Å². The molecule has 1 unspecified atom stereocenters. The third-order valence-electron chi connectivity index (χ3n) is 3.21. The van der Waals surface area contributed by atoms with Crippen LogP contribution >= 0.6 is 43.2 Å². The minimum atomic E-state index is -0.123. The Morgan fingerprint density at radius 2 is 2.19 bits per heavy atom. The molecule has 1 aromatic heterocycles. The Kier molecular flexibility index (Phi) is 4.35. The number of fused-ring (bicyclic) bond motifs is 1. The molecule has 1 amide bonds. The van der Waals surface area contributed by atoms with Crippen LogP contribution in [0.2, 0.25) is 0 Å². The summed E-state index contributed by atoms with van der Waals surface area (Å²) < 4.78 is 7.49.